The van der Waals surface area contributed by atoms with Crippen molar-refractivity contribution in [1.82, 2.24) is 5.32 Å². The summed E-state index contributed by atoms with van der Waals surface area (Å²) < 4.78 is 4.59. The van der Waals surface area contributed by atoms with Gasteiger partial charge in [0, 0.05) is 12.1 Å². The lowest BCUT2D eigenvalue weighted by Gasteiger charge is -2.02. The Morgan fingerprint density at radius 1 is 1.57 bits per heavy atom. The van der Waals surface area contributed by atoms with E-state index in [4.69, 9.17) is 5.11 Å². The molecule has 5 heteroatoms. The molecule has 0 spiro atoms. The molecule has 0 heterocycles. The quantitative estimate of drug-likeness (QED) is 0.510. The number of carbonyl (C=O) groups excluding carboxylic acids is 1. The zero-order valence-corrected chi connectivity index (χ0v) is 7.95. The Balaban J connectivity index is 3.73. The van der Waals surface area contributed by atoms with Gasteiger partial charge in [-0.2, -0.15) is 0 Å². The lowest BCUT2D eigenvalue weighted by Crippen LogP contribution is -2.24. The Morgan fingerprint density at radius 2 is 2.21 bits per heavy atom. The van der Waals surface area contributed by atoms with Crippen LogP contribution in [0, 0.1) is 0 Å². The van der Waals surface area contributed by atoms with Crippen LogP contribution >= 0.6 is 0 Å². The molecule has 0 atom stereocenters. The van der Waals surface area contributed by atoms with Crippen molar-refractivity contribution in [3.8, 4) is 0 Å². The van der Waals surface area contributed by atoms with Crippen molar-refractivity contribution in [1.29, 1.82) is 0 Å². The number of alkyl carbamates (subject to hydrolysis) is 1. The highest BCUT2D eigenvalue weighted by Crippen LogP contribution is 1.89. The number of amides is 1. The minimum atomic E-state index is -1.01. The minimum Gasteiger partial charge on any atom is -0.478 e. The van der Waals surface area contributed by atoms with Crippen LogP contribution in [0.1, 0.15) is 6.92 Å². The van der Waals surface area contributed by atoms with Gasteiger partial charge in [-0.05, 0) is 6.92 Å². The van der Waals surface area contributed by atoms with Crippen LogP contribution in [-0.4, -0.2) is 30.3 Å². The third-order valence-electron chi connectivity index (χ3n) is 1.32. The molecule has 0 saturated carbocycles. The van der Waals surface area contributed by atoms with Crippen LogP contribution in [0.3, 0.4) is 0 Å². The molecule has 0 bridgehead atoms. The lowest BCUT2D eigenvalue weighted by molar-refractivity contribution is -0.132. The van der Waals surface area contributed by atoms with E-state index in [0.29, 0.717) is 0 Å². The molecule has 0 aliphatic heterocycles. The highest BCUT2D eigenvalue weighted by atomic mass is 16.5. The van der Waals surface area contributed by atoms with Gasteiger partial charge in [0.1, 0.15) is 6.61 Å². The second-order valence-electron chi connectivity index (χ2n) is 2.46. The van der Waals surface area contributed by atoms with Crippen molar-refractivity contribution >= 4 is 12.1 Å². The first-order valence-corrected chi connectivity index (χ1v) is 3.99. The normalized spacial score (nSPS) is 10.5. The van der Waals surface area contributed by atoms with Crippen LogP contribution in [0.2, 0.25) is 0 Å². The van der Waals surface area contributed by atoms with E-state index in [2.05, 4.69) is 16.6 Å². The van der Waals surface area contributed by atoms with Crippen LogP contribution in [0.5, 0.6) is 0 Å². The summed E-state index contributed by atoms with van der Waals surface area (Å²) in [6.07, 6.45) is 2.23. The third-order valence-corrected chi connectivity index (χ3v) is 1.32. The van der Waals surface area contributed by atoms with Crippen molar-refractivity contribution in [3.05, 3.63) is 24.3 Å². The second-order valence-corrected chi connectivity index (χ2v) is 2.46. The van der Waals surface area contributed by atoms with E-state index in [0.717, 1.165) is 0 Å². The molecule has 78 valence electrons. The zero-order valence-electron chi connectivity index (χ0n) is 7.95. The van der Waals surface area contributed by atoms with Gasteiger partial charge in [0.05, 0.1) is 0 Å². The number of hydrogen-bond acceptors (Lipinski definition) is 3. The molecule has 0 radical (unpaired) electrons. The maximum atomic E-state index is 10.8. The smallest absolute Gasteiger partial charge is 0.407 e. The first-order chi connectivity index (χ1) is 6.57. The van der Waals surface area contributed by atoms with Gasteiger partial charge < -0.3 is 15.2 Å². The van der Waals surface area contributed by atoms with Crippen molar-refractivity contribution in [2.45, 2.75) is 6.92 Å². The van der Waals surface area contributed by atoms with E-state index in [1.807, 2.05) is 0 Å². The number of carbonyl (C=O) groups is 2. The molecular formula is C9H13NO4. The monoisotopic (exact) mass is 199 g/mol. The van der Waals surface area contributed by atoms with Crippen molar-refractivity contribution in [2.75, 3.05) is 13.2 Å². The first-order valence-electron chi connectivity index (χ1n) is 3.99. The lowest BCUT2D eigenvalue weighted by atomic mass is 10.3. The molecule has 1 amide bonds. The topological polar surface area (TPSA) is 75.6 Å². The molecular weight excluding hydrogens is 186 g/mol. The number of ether oxygens (including phenoxy) is 1. The minimum absolute atomic E-state index is 0.132. The fourth-order valence-corrected chi connectivity index (χ4v) is 0.560. The molecule has 0 unspecified atom stereocenters. The fraction of sp³-hybridized carbons (Fsp3) is 0.333. The maximum Gasteiger partial charge on any atom is 0.407 e. The molecule has 0 rings (SSSR count). The Hall–Kier alpha value is -1.78. The predicted octanol–water partition coefficient (Wildman–Crippen LogP) is 0.930. The fourth-order valence-electron chi connectivity index (χ4n) is 0.560. The number of hydrogen-bond donors (Lipinski definition) is 2. The van der Waals surface area contributed by atoms with Crippen molar-refractivity contribution < 1.29 is 19.4 Å². The predicted molar refractivity (Wildman–Crippen MR) is 50.9 cm³/mol. The van der Waals surface area contributed by atoms with Crippen molar-refractivity contribution in [2.24, 2.45) is 0 Å². The molecule has 0 aromatic heterocycles. The van der Waals surface area contributed by atoms with Crippen LogP contribution in [0.15, 0.2) is 24.3 Å². The Labute approximate surface area is 82.1 Å². The summed E-state index contributed by atoms with van der Waals surface area (Å²) in [5, 5.41) is 10.8. The maximum absolute atomic E-state index is 10.8. The van der Waals surface area contributed by atoms with Crippen molar-refractivity contribution in [3.63, 3.8) is 0 Å². The molecule has 0 aromatic rings. The number of aliphatic carboxylic acids is 1. The average Bonchev–Trinajstić information content (AvgIpc) is 2.14. The van der Waals surface area contributed by atoms with Gasteiger partial charge in [-0.3, -0.25) is 0 Å². The highest BCUT2D eigenvalue weighted by molar-refractivity contribution is 5.85. The van der Waals surface area contributed by atoms with E-state index in [1.54, 1.807) is 0 Å². The summed E-state index contributed by atoms with van der Waals surface area (Å²) in [4.78, 5) is 21.1. The SMILES string of the molecule is C=CCOC(=O)NC/C=C(\C)C(=O)O. The van der Waals surface area contributed by atoms with E-state index in [1.165, 1.54) is 19.1 Å². The summed E-state index contributed by atoms with van der Waals surface area (Å²) in [6, 6.07) is 0. The molecule has 2 N–H and O–H groups in total. The molecule has 0 saturated heterocycles. The summed E-state index contributed by atoms with van der Waals surface area (Å²) in [5.41, 5.74) is 0.175. The third kappa shape index (κ3) is 5.82. The molecule has 0 aliphatic rings. The van der Waals surface area contributed by atoms with Crippen LogP contribution in [-0.2, 0) is 9.53 Å². The van der Waals surface area contributed by atoms with Crippen LogP contribution in [0.4, 0.5) is 4.79 Å². The number of carboxylic acid groups (broad SMARTS) is 1. The van der Waals surface area contributed by atoms with E-state index in [-0.39, 0.29) is 18.7 Å². The molecule has 5 nitrogen and oxygen atoms in total. The summed E-state index contributed by atoms with van der Waals surface area (Å²) in [7, 11) is 0. The Morgan fingerprint density at radius 3 is 2.71 bits per heavy atom. The number of nitrogens with one attached hydrogen (secondary N) is 1. The second kappa shape index (κ2) is 6.71. The van der Waals surface area contributed by atoms with Gasteiger partial charge >= 0.3 is 12.1 Å². The van der Waals surface area contributed by atoms with Gasteiger partial charge in [0.2, 0.25) is 0 Å². The van der Waals surface area contributed by atoms with Crippen LogP contribution in [0.25, 0.3) is 0 Å². The van der Waals surface area contributed by atoms with Gasteiger partial charge in [0.25, 0.3) is 0 Å². The van der Waals surface area contributed by atoms with Gasteiger partial charge in [0.15, 0.2) is 0 Å². The van der Waals surface area contributed by atoms with Gasteiger partial charge in [-0.1, -0.05) is 18.7 Å². The Kier molecular flexibility index (Phi) is 5.85. The van der Waals surface area contributed by atoms with E-state index in [9.17, 15) is 9.59 Å². The largest absolute Gasteiger partial charge is 0.478 e. The van der Waals surface area contributed by atoms with Gasteiger partial charge in [-0.15, -0.1) is 0 Å². The number of carboxylic acids is 1. The molecule has 0 aromatic carbocycles. The summed E-state index contributed by atoms with van der Waals surface area (Å²) >= 11 is 0. The van der Waals surface area contributed by atoms with E-state index >= 15 is 0 Å². The van der Waals surface area contributed by atoms with Gasteiger partial charge in [-0.25, -0.2) is 9.59 Å². The number of rotatable bonds is 5. The standard InChI is InChI=1S/C9H13NO4/c1-3-6-14-9(13)10-5-4-7(2)8(11)12/h3-4H,1,5-6H2,2H3,(H,10,13)(H,11,12)/b7-4+. The van der Waals surface area contributed by atoms with E-state index < -0.39 is 12.1 Å². The molecule has 14 heavy (non-hydrogen) atoms. The Bertz CT molecular complexity index is 258. The molecule has 0 fully saturated rings. The van der Waals surface area contributed by atoms with Crippen LogP contribution < -0.4 is 5.32 Å². The highest BCUT2D eigenvalue weighted by Gasteiger charge is 2.00. The molecule has 0 aliphatic carbocycles. The summed E-state index contributed by atoms with van der Waals surface area (Å²) in [5.74, 6) is -1.01. The first kappa shape index (κ1) is 12.2. The summed E-state index contributed by atoms with van der Waals surface area (Å²) in [6.45, 7) is 5.08. The average molecular weight is 199 g/mol. The zero-order chi connectivity index (χ0) is 11.0.